The molecule has 1 amide bonds. The molecule has 0 saturated carbocycles. The zero-order valence-corrected chi connectivity index (χ0v) is 29.5. The lowest BCUT2D eigenvalue weighted by Gasteiger charge is -2.40. The molecule has 55 heavy (non-hydrogen) atoms. The van der Waals surface area contributed by atoms with Gasteiger partial charge in [0.15, 0.2) is 0 Å². The molecule has 0 fully saturated rings. The Balaban J connectivity index is 1.55. The first-order valence-corrected chi connectivity index (χ1v) is 16.9. The van der Waals surface area contributed by atoms with Crippen molar-refractivity contribution in [1.29, 1.82) is 0 Å². The van der Waals surface area contributed by atoms with Crippen LogP contribution in [-0.2, 0) is 36.1 Å². The van der Waals surface area contributed by atoms with Crippen LogP contribution in [0.4, 0.5) is 18.9 Å². The minimum absolute atomic E-state index is 0.0568. The molecule has 0 bridgehead atoms. The second-order valence-corrected chi connectivity index (χ2v) is 12.4. The van der Waals surface area contributed by atoms with Crippen molar-refractivity contribution < 1.29 is 52.1 Å². The third-order valence-electron chi connectivity index (χ3n) is 8.65. The van der Waals surface area contributed by atoms with E-state index < -0.39 is 82.5 Å². The summed E-state index contributed by atoms with van der Waals surface area (Å²) in [5, 5.41) is 22.5. The van der Waals surface area contributed by atoms with Crippen LogP contribution in [0.25, 0.3) is 0 Å². The van der Waals surface area contributed by atoms with Gasteiger partial charge in [-0.1, -0.05) is 48.5 Å². The van der Waals surface area contributed by atoms with Crippen molar-refractivity contribution in [1.82, 2.24) is 15.3 Å². The lowest BCUT2D eigenvalue weighted by atomic mass is 9.77. The maximum Gasteiger partial charge on any atom is 0.350 e. The number of amides is 1. The summed E-state index contributed by atoms with van der Waals surface area (Å²) in [7, 11) is 0. The number of unbranched alkanes of at least 4 members (excludes halogenated alkanes) is 1. The molecule has 2 heterocycles. The van der Waals surface area contributed by atoms with Gasteiger partial charge in [-0.05, 0) is 50.8 Å². The van der Waals surface area contributed by atoms with Gasteiger partial charge in [-0.25, -0.2) is 27.9 Å². The molecule has 3 atom stereocenters. The molecule has 0 saturated heterocycles. The van der Waals surface area contributed by atoms with Gasteiger partial charge in [-0.15, -0.1) is 20.2 Å². The summed E-state index contributed by atoms with van der Waals surface area (Å²) in [4.78, 5) is 68.4. The minimum Gasteiger partial charge on any atom is -0.463 e. The maximum atomic E-state index is 15.0. The molecule has 1 aliphatic rings. The van der Waals surface area contributed by atoms with Crippen molar-refractivity contribution in [2.24, 2.45) is 0 Å². The fourth-order valence-corrected chi connectivity index (χ4v) is 6.30. The third-order valence-corrected chi connectivity index (χ3v) is 8.65. The number of carbonyl (C=O) groups excluding carboxylic acids is 2. The highest BCUT2D eigenvalue weighted by Crippen LogP contribution is 2.43. The largest absolute Gasteiger partial charge is 0.463 e. The van der Waals surface area contributed by atoms with Crippen LogP contribution in [-0.4, -0.2) is 64.0 Å². The molecule has 16 nitrogen and oxygen atoms in total. The number of carbonyl (C=O) groups is 2. The Hall–Kier alpha value is -6.37. The highest BCUT2D eigenvalue weighted by Gasteiger charge is 2.53. The number of hydrogen-bond acceptors (Lipinski definition) is 13. The molecule has 19 heteroatoms. The summed E-state index contributed by atoms with van der Waals surface area (Å²) in [6, 6.07) is 17.3. The molecule has 4 aromatic rings. The number of fused-ring (bicyclic) bond motifs is 1. The van der Waals surface area contributed by atoms with Crippen LogP contribution in [0.5, 0.6) is 6.01 Å². The van der Waals surface area contributed by atoms with Gasteiger partial charge in [0.1, 0.15) is 35.7 Å². The van der Waals surface area contributed by atoms with Crippen LogP contribution in [0.1, 0.15) is 47.3 Å². The average Bonchev–Trinajstić information content (AvgIpc) is 3.24. The minimum atomic E-state index is -1.77. The Morgan fingerprint density at radius 2 is 1.60 bits per heavy atom. The Morgan fingerprint density at radius 1 is 0.945 bits per heavy atom. The van der Waals surface area contributed by atoms with E-state index in [9.17, 15) is 43.0 Å². The fraction of sp³-hybridized carbons (Fsp3) is 0.333. The number of aryl methyl sites for hydroxylation is 2. The standard InChI is InChI=1S/C36H35F3N6O10/c1-22-16-23(2)42-35(41-22)54-33(34(47)52-15-9-8-12-26(55-45(50)51)21-53-44(48)49)36(24-10-4-3-5-11-24)28-13-6-7-14-31(28)43(32(46)19-40-36)20-27-29(38)17-25(37)18-30(27)39/h3-7,10-11,13-14,16-18,26,33,40H,8-9,12,15,19-21H2,1-2H3/t26?,33-,36+/m1/s1. The van der Waals surface area contributed by atoms with Gasteiger partial charge in [0.2, 0.25) is 12.0 Å². The summed E-state index contributed by atoms with van der Waals surface area (Å²) < 4.78 is 55.9. The van der Waals surface area contributed by atoms with Gasteiger partial charge in [-0.3, -0.25) is 10.1 Å². The zero-order chi connectivity index (χ0) is 39.7. The Kier molecular flexibility index (Phi) is 12.8. The SMILES string of the molecule is Cc1cc(C)nc(O[C@H](C(=O)OCCCCC(CO[N+](=O)[O-])O[N+](=O)[O-])[C@@]2(c3ccccc3)NCC(=O)N(Cc3c(F)cc(F)cc3F)c3ccccc32)n1. The first kappa shape index (κ1) is 39.8. The van der Waals surface area contributed by atoms with Crippen LogP contribution < -0.4 is 15.0 Å². The van der Waals surface area contributed by atoms with E-state index in [1.54, 1.807) is 68.4 Å². The van der Waals surface area contributed by atoms with Gasteiger partial charge in [0.25, 0.3) is 10.2 Å². The van der Waals surface area contributed by atoms with Crippen molar-refractivity contribution >= 4 is 17.6 Å². The summed E-state index contributed by atoms with van der Waals surface area (Å²) in [6.45, 7) is 1.30. The molecule has 0 aliphatic carbocycles. The fourth-order valence-electron chi connectivity index (χ4n) is 6.30. The summed E-state index contributed by atoms with van der Waals surface area (Å²) in [6.07, 6.45) is -2.73. The monoisotopic (exact) mass is 768 g/mol. The molecule has 1 aliphatic heterocycles. The van der Waals surface area contributed by atoms with Crippen molar-refractivity contribution in [2.75, 3.05) is 24.7 Å². The number of nitrogens with zero attached hydrogens (tertiary/aromatic N) is 5. The molecule has 3 aromatic carbocycles. The second kappa shape index (κ2) is 17.6. The van der Waals surface area contributed by atoms with Crippen LogP contribution in [0.15, 0.2) is 72.8 Å². The van der Waals surface area contributed by atoms with Gasteiger partial charge >= 0.3 is 12.0 Å². The summed E-state index contributed by atoms with van der Waals surface area (Å²) in [5.41, 5.74) is -0.515. The van der Waals surface area contributed by atoms with E-state index in [1.807, 2.05) is 0 Å². The summed E-state index contributed by atoms with van der Waals surface area (Å²) in [5.74, 6) is -5.15. The predicted octanol–water partition coefficient (Wildman–Crippen LogP) is 4.84. The van der Waals surface area contributed by atoms with E-state index in [0.717, 1.165) is 4.90 Å². The zero-order valence-electron chi connectivity index (χ0n) is 29.5. The van der Waals surface area contributed by atoms with Crippen molar-refractivity contribution in [3.05, 3.63) is 139 Å². The average molecular weight is 769 g/mol. The van der Waals surface area contributed by atoms with E-state index in [0.29, 0.717) is 29.1 Å². The first-order valence-electron chi connectivity index (χ1n) is 16.9. The molecule has 0 radical (unpaired) electrons. The smallest absolute Gasteiger partial charge is 0.350 e. The van der Waals surface area contributed by atoms with E-state index in [1.165, 1.54) is 6.07 Å². The quantitative estimate of drug-likeness (QED) is 0.0664. The van der Waals surface area contributed by atoms with Crippen LogP contribution in [0.2, 0.25) is 0 Å². The Labute approximate surface area is 311 Å². The Bertz CT molecular complexity index is 2000. The van der Waals surface area contributed by atoms with Crippen LogP contribution >= 0.6 is 0 Å². The lowest BCUT2D eigenvalue weighted by Crippen LogP contribution is -2.59. The van der Waals surface area contributed by atoms with Crippen LogP contribution in [0.3, 0.4) is 0 Å². The van der Waals surface area contributed by atoms with E-state index >= 15 is 0 Å². The number of rotatable bonds is 17. The van der Waals surface area contributed by atoms with Gasteiger partial charge in [0.05, 0.1) is 19.7 Å². The van der Waals surface area contributed by atoms with E-state index in [2.05, 4.69) is 25.0 Å². The number of aromatic nitrogens is 2. The molecular weight excluding hydrogens is 733 g/mol. The number of esters is 1. The summed E-state index contributed by atoms with van der Waals surface area (Å²) >= 11 is 0. The van der Waals surface area contributed by atoms with Gasteiger partial charge in [-0.2, -0.15) is 0 Å². The predicted molar refractivity (Wildman–Crippen MR) is 185 cm³/mol. The molecule has 5 rings (SSSR count). The number of nitrogens with one attached hydrogen (secondary N) is 1. The van der Waals surface area contributed by atoms with Crippen molar-refractivity contribution in [3.8, 4) is 6.01 Å². The van der Waals surface area contributed by atoms with Crippen molar-refractivity contribution in [2.45, 2.75) is 57.4 Å². The highest BCUT2D eigenvalue weighted by atomic mass is 19.1. The van der Waals surface area contributed by atoms with Gasteiger partial charge < -0.3 is 24.0 Å². The number of halogens is 3. The number of hydrogen-bond donors (Lipinski definition) is 1. The lowest BCUT2D eigenvalue weighted by molar-refractivity contribution is -0.790. The number of anilines is 1. The van der Waals surface area contributed by atoms with E-state index in [-0.39, 0.29) is 43.1 Å². The molecule has 290 valence electrons. The number of para-hydroxylation sites is 1. The number of benzene rings is 3. The molecule has 1 unspecified atom stereocenters. The van der Waals surface area contributed by atoms with E-state index in [4.69, 9.17) is 9.47 Å². The first-order chi connectivity index (χ1) is 26.3. The topological polar surface area (TPSA) is 198 Å². The third kappa shape index (κ3) is 9.60. The number of ether oxygens (including phenoxy) is 2. The second-order valence-electron chi connectivity index (χ2n) is 12.4. The molecule has 1 aromatic heterocycles. The normalized spacial score (nSPS) is 16.3. The van der Waals surface area contributed by atoms with Gasteiger partial charge in [0, 0.05) is 40.3 Å². The molecule has 0 spiro atoms. The molecule has 1 N–H and O–H groups in total. The van der Waals surface area contributed by atoms with Crippen LogP contribution in [0, 0.1) is 51.5 Å². The highest BCUT2D eigenvalue weighted by molar-refractivity contribution is 5.97. The Morgan fingerprint density at radius 3 is 2.25 bits per heavy atom. The van der Waals surface area contributed by atoms with Crippen molar-refractivity contribution in [3.63, 3.8) is 0 Å². The molecular formula is C36H35F3N6O10. The maximum absolute atomic E-state index is 15.0.